The second kappa shape index (κ2) is 7.41. The van der Waals surface area contributed by atoms with Gasteiger partial charge in [0.05, 0.1) is 6.54 Å². The molecule has 2 saturated carbocycles. The van der Waals surface area contributed by atoms with E-state index in [9.17, 15) is 4.79 Å². The van der Waals surface area contributed by atoms with E-state index in [1.54, 1.807) is 6.20 Å². The first-order chi connectivity index (χ1) is 12.7. The lowest BCUT2D eigenvalue weighted by Crippen LogP contribution is -2.52. The number of nitrogens with zero attached hydrogens (tertiary/aromatic N) is 3. The van der Waals surface area contributed by atoms with Gasteiger partial charge in [-0.25, -0.2) is 9.97 Å². The summed E-state index contributed by atoms with van der Waals surface area (Å²) in [7, 11) is 0. The van der Waals surface area contributed by atoms with Crippen LogP contribution in [0.1, 0.15) is 25.7 Å². The summed E-state index contributed by atoms with van der Waals surface area (Å²) in [6, 6.07) is 12.5. The first-order valence-electron chi connectivity index (χ1n) is 9.28. The number of carboxylic acid groups (broad SMARTS) is 1. The van der Waals surface area contributed by atoms with E-state index in [1.165, 1.54) is 12.8 Å². The molecule has 0 radical (unpaired) electrons. The summed E-state index contributed by atoms with van der Waals surface area (Å²) in [6.07, 6.45) is 6.19. The van der Waals surface area contributed by atoms with Crippen LogP contribution >= 0.6 is 0 Å². The zero-order chi connectivity index (χ0) is 17.9. The maximum absolute atomic E-state index is 11.1. The lowest BCUT2D eigenvalue weighted by molar-refractivity contribution is -0.139. The van der Waals surface area contributed by atoms with Crippen LogP contribution in [0.5, 0.6) is 0 Å². The van der Waals surface area contributed by atoms with Crippen molar-refractivity contribution < 1.29 is 9.90 Å². The topological polar surface area (TPSA) is 78.4 Å². The molecule has 6 nitrogen and oxygen atoms in total. The number of aromatic nitrogens is 2. The molecule has 26 heavy (non-hydrogen) atoms. The van der Waals surface area contributed by atoms with Crippen LogP contribution in [-0.2, 0) is 4.79 Å². The molecule has 2 N–H and O–H groups in total. The Balaban J connectivity index is 1.34. The third-order valence-electron chi connectivity index (χ3n) is 5.20. The lowest BCUT2D eigenvalue weighted by atomic mass is 9.85. The standard InChI is InChI=1S/C20H24N4O2/c25-19(26)13-24(12-14-6-7-14)17-10-16(11-17)22-18-8-9-21-20(23-18)15-4-2-1-3-5-15/h1-5,8-9,14,16-17H,6-7,10-13H2,(H,25,26)(H,21,22,23). The van der Waals surface area contributed by atoms with Crippen molar-refractivity contribution in [1.29, 1.82) is 0 Å². The minimum Gasteiger partial charge on any atom is -0.480 e. The van der Waals surface area contributed by atoms with Crippen LogP contribution in [0.15, 0.2) is 42.6 Å². The number of benzene rings is 1. The quantitative estimate of drug-likeness (QED) is 0.761. The molecule has 1 aromatic carbocycles. The van der Waals surface area contributed by atoms with Gasteiger partial charge in [-0.3, -0.25) is 9.69 Å². The Morgan fingerprint density at radius 1 is 1.19 bits per heavy atom. The van der Waals surface area contributed by atoms with E-state index < -0.39 is 5.97 Å². The average molecular weight is 352 g/mol. The number of carbonyl (C=O) groups is 1. The summed E-state index contributed by atoms with van der Waals surface area (Å²) in [4.78, 5) is 22.2. The van der Waals surface area contributed by atoms with E-state index in [0.29, 0.717) is 23.8 Å². The Hall–Kier alpha value is -2.47. The Bertz CT molecular complexity index is 757. The van der Waals surface area contributed by atoms with Crippen LogP contribution in [0.2, 0.25) is 0 Å². The zero-order valence-corrected chi connectivity index (χ0v) is 14.7. The number of anilines is 1. The van der Waals surface area contributed by atoms with Crippen LogP contribution in [0.25, 0.3) is 11.4 Å². The van der Waals surface area contributed by atoms with E-state index >= 15 is 0 Å². The van der Waals surface area contributed by atoms with Crippen molar-refractivity contribution in [3.8, 4) is 11.4 Å². The van der Waals surface area contributed by atoms with Crippen molar-refractivity contribution in [2.75, 3.05) is 18.4 Å². The second-order valence-electron chi connectivity index (χ2n) is 7.36. The summed E-state index contributed by atoms with van der Waals surface area (Å²) < 4.78 is 0. The minimum atomic E-state index is -0.731. The highest BCUT2D eigenvalue weighted by Crippen LogP contribution is 2.34. The summed E-state index contributed by atoms with van der Waals surface area (Å²) in [5.74, 6) is 1.52. The second-order valence-corrected chi connectivity index (χ2v) is 7.36. The van der Waals surface area contributed by atoms with Crippen LogP contribution in [0.4, 0.5) is 5.82 Å². The van der Waals surface area contributed by atoms with E-state index in [-0.39, 0.29) is 6.54 Å². The van der Waals surface area contributed by atoms with Crippen LogP contribution in [0.3, 0.4) is 0 Å². The number of carboxylic acids is 1. The Morgan fingerprint density at radius 3 is 2.65 bits per heavy atom. The highest BCUT2D eigenvalue weighted by Gasteiger charge is 2.37. The molecule has 2 aromatic rings. The molecule has 0 saturated heterocycles. The fraction of sp³-hybridized carbons (Fsp3) is 0.450. The molecule has 2 fully saturated rings. The van der Waals surface area contributed by atoms with Gasteiger partial charge < -0.3 is 10.4 Å². The van der Waals surface area contributed by atoms with Crippen molar-refractivity contribution in [1.82, 2.24) is 14.9 Å². The lowest BCUT2D eigenvalue weighted by Gasteiger charge is -2.43. The Kier molecular flexibility index (Phi) is 4.84. The zero-order valence-electron chi connectivity index (χ0n) is 14.7. The molecule has 0 amide bonds. The molecule has 0 spiro atoms. The minimum absolute atomic E-state index is 0.152. The van der Waals surface area contributed by atoms with Crippen molar-refractivity contribution in [3.63, 3.8) is 0 Å². The fourth-order valence-electron chi connectivity index (χ4n) is 3.53. The molecule has 136 valence electrons. The summed E-state index contributed by atoms with van der Waals surface area (Å²) in [5.41, 5.74) is 1.000. The smallest absolute Gasteiger partial charge is 0.317 e. The summed E-state index contributed by atoms with van der Waals surface area (Å²) in [6.45, 7) is 1.08. The molecule has 1 heterocycles. The first kappa shape index (κ1) is 17.0. The molecule has 1 aromatic heterocycles. The highest BCUT2D eigenvalue weighted by atomic mass is 16.4. The maximum atomic E-state index is 11.1. The first-order valence-corrected chi connectivity index (χ1v) is 9.28. The van der Waals surface area contributed by atoms with Crippen LogP contribution in [0, 0.1) is 5.92 Å². The molecule has 6 heteroatoms. The monoisotopic (exact) mass is 352 g/mol. The molecule has 0 atom stereocenters. The number of rotatable bonds is 8. The van der Waals surface area contributed by atoms with Crippen molar-refractivity contribution in [2.45, 2.75) is 37.8 Å². The third-order valence-corrected chi connectivity index (χ3v) is 5.20. The molecular formula is C20H24N4O2. The maximum Gasteiger partial charge on any atom is 0.317 e. The van der Waals surface area contributed by atoms with E-state index in [0.717, 1.165) is 30.8 Å². The van der Waals surface area contributed by atoms with Gasteiger partial charge in [0.1, 0.15) is 5.82 Å². The average Bonchev–Trinajstić information content (AvgIpc) is 3.42. The van der Waals surface area contributed by atoms with Gasteiger partial charge in [0.2, 0.25) is 0 Å². The molecular weight excluding hydrogens is 328 g/mol. The molecule has 0 bridgehead atoms. The Labute approximate surface area is 153 Å². The van der Waals surface area contributed by atoms with Crippen molar-refractivity contribution >= 4 is 11.8 Å². The van der Waals surface area contributed by atoms with Gasteiger partial charge in [0.25, 0.3) is 0 Å². The molecule has 4 rings (SSSR count). The van der Waals surface area contributed by atoms with E-state index in [2.05, 4.69) is 20.2 Å². The number of hydrogen-bond acceptors (Lipinski definition) is 5. The van der Waals surface area contributed by atoms with E-state index in [4.69, 9.17) is 5.11 Å². The fourth-order valence-corrected chi connectivity index (χ4v) is 3.53. The Morgan fingerprint density at radius 2 is 1.96 bits per heavy atom. The number of nitrogens with one attached hydrogen (secondary N) is 1. The predicted octanol–water partition coefficient (Wildman–Crippen LogP) is 2.88. The normalized spacial score (nSPS) is 22.0. The van der Waals surface area contributed by atoms with Gasteiger partial charge in [0, 0.05) is 30.4 Å². The predicted molar refractivity (Wildman–Crippen MR) is 99.8 cm³/mol. The van der Waals surface area contributed by atoms with Gasteiger partial charge in [0.15, 0.2) is 5.82 Å². The van der Waals surface area contributed by atoms with Crippen LogP contribution in [-0.4, -0.2) is 51.1 Å². The SMILES string of the molecule is O=C(O)CN(CC1CC1)C1CC(Nc2ccnc(-c3ccccc3)n2)C1. The highest BCUT2D eigenvalue weighted by molar-refractivity contribution is 5.69. The van der Waals surface area contributed by atoms with Crippen molar-refractivity contribution in [3.05, 3.63) is 42.6 Å². The third kappa shape index (κ3) is 4.19. The number of aliphatic carboxylic acids is 1. The van der Waals surface area contributed by atoms with Gasteiger partial charge in [-0.2, -0.15) is 0 Å². The molecule has 2 aliphatic rings. The van der Waals surface area contributed by atoms with Crippen LogP contribution < -0.4 is 5.32 Å². The molecule has 0 aliphatic heterocycles. The van der Waals surface area contributed by atoms with Crippen molar-refractivity contribution in [2.24, 2.45) is 5.92 Å². The van der Waals surface area contributed by atoms with E-state index in [1.807, 2.05) is 36.4 Å². The molecule has 0 unspecified atom stereocenters. The largest absolute Gasteiger partial charge is 0.480 e. The van der Waals surface area contributed by atoms with Gasteiger partial charge in [-0.15, -0.1) is 0 Å². The van der Waals surface area contributed by atoms with Gasteiger partial charge >= 0.3 is 5.97 Å². The summed E-state index contributed by atoms with van der Waals surface area (Å²) in [5, 5.41) is 12.6. The van der Waals surface area contributed by atoms with Gasteiger partial charge in [-0.1, -0.05) is 30.3 Å². The molecule has 2 aliphatic carbocycles. The number of hydrogen-bond donors (Lipinski definition) is 2. The van der Waals surface area contributed by atoms with Gasteiger partial charge in [-0.05, 0) is 37.7 Å². The summed E-state index contributed by atoms with van der Waals surface area (Å²) >= 11 is 0.